The van der Waals surface area contributed by atoms with E-state index < -0.39 is 0 Å². The zero-order chi connectivity index (χ0) is 17.7. The van der Waals surface area contributed by atoms with Gasteiger partial charge in [0.05, 0.1) is 23.6 Å². The maximum absolute atomic E-state index is 12.3. The number of imidazole rings is 1. The van der Waals surface area contributed by atoms with Crippen molar-refractivity contribution in [1.82, 2.24) is 24.5 Å². The van der Waals surface area contributed by atoms with Crippen molar-refractivity contribution < 1.29 is 4.79 Å². The molecule has 1 amide bonds. The highest BCUT2D eigenvalue weighted by molar-refractivity contribution is 7.15. The number of hydrogen-bond acceptors (Lipinski definition) is 4. The van der Waals surface area contributed by atoms with E-state index in [1.807, 2.05) is 28.5 Å². The SMILES string of the molecule is Cc1cc(-n2cccn2)ccc1[C@@H]1CC(=O)NCc2nc3sccn3c21. The highest BCUT2D eigenvalue weighted by atomic mass is 32.1. The maximum Gasteiger partial charge on any atom is 0.221 e. The van der Waals surface area contributed by atoms with Crippen molar-refractivity contribution in [2.75, 3.05) is 0 Å². The second kappa shape index (κ2) is 5.81. The minimum absolute atomic E-state index is 0.0104. The lowest BCUT2D eigenvalue weighted by atomic mass is 9.88. The van der Waals surface area contributed by atoms with Crippen LogP contribution in [0, 0.1) is 6.92 Å². The Bertz CT molecular complexity index is 1110. The Morgan fingerprint density at radius 3 is 3.04 bits per heavy atom. The van der Waals surface area contributed by atoms with Crippen molar-refractivity contribution in [2.24, 2.45) is 0 Å². The van der Waals surface area contributed by atoms with Crippen molar-refractivity contribution in [3.8, 4) is 5.69 Å². The van der Waals surface area contributed by atoms with Crippen molar-refractivity contribution >= 4 is 22.2 Å². The Kier molecular flexibility index (Phi) is 3.43. The molecule has 0 saturated carbocycles. The molecular weight excluding hydrogens is 346 g/mol. The molecule has 0 bridgehead atoms. The van der Waals surface area contributed by atoms with E-state index in [1.165, 1.54) is 0 Å². The zero-order valence-electron chi connectivity index (χ0n) is 14.2. The number of benzene rings is 1. The third kappa shape index (κ3) is 2.35. The Morgan fingerprint density at radius 1 is 1.31 bits per heavy atom. The number of carbonyl (C=O) groups excluding carboxylic acids is 1. The maximum atomic E-state index is 12.3. The molecule has 6 nitrogen and oxygen atoms in total. The van der Waals surface area contributed by atoms with E-state index in [2.05, 4.69) is 39.9 Å². The molecule has 1 aliphatic heterocycles. The van der Waals surface area contributed by atoms with Crippen molar-refractivity contribution in [2.45, 2.75) is 25.8 Å². The molecule has 4 aromatic rings. The molecule has 0 radical (unpaired) electrons. The van der Waals surface area contributed by atoms with E-state index in [0.717, 1.165) is 33.2 Å². The lowest BCUT2D eigenvalue weighted by Gasteiger charge is -2.18. The van der Waals surface area contributed by atoms with E-state index in [0.29, 0.717) is 13.0 Å². The molecule has 5 rings (SSSR count). The topological polar surface area (TPSA) is 64.2 Å². The predicted molar refractivity (Wildman–Crippen MR) is 99.7 cm³/mol. The second-order valence-corrected chi connectivity index (χ2v) is 7.40. The molecule has 1 aromatic carbocycles. The number of rotatable bonds is 2. The van der Waals surface area contributed by atoms with Gasteiger partial charge in [0.2, 0.25) is 5.91 Å². The largest absolute Gasteiger partial charge is 0.350 e. The summed E-state index contributed by atoms with van der Waals surface area (Å²) in [5, 5.41) is 9.31. The molecule has 130 valence electrons. The highest BCUT2D eigenvalue weighted by Gasteiger charge is 2.30. The van der Waals surface area contributed by atoms with E-state index in [-0.39, 0.29) is 11.8 Å². The fourth-order valence-corrected chi connectivity index (χ4v) is 4.50. The van der Waals surface area contributed by atoms with Gasteiger partial charge in [-0.2, -0.15) is 5.10 Å². The first-order valence-corrected chi connectivity index (χ1v) is 9.40. The van der Waals surface area contributed by atoms with Crippen LogP contribution in [0.2, 0.25) is 0 Å². The van der Waals surface area contributed by atoms with Gasteiger partial charge in [0.25, 0.3) is 0 Å². The fourth-order valence-electron chi connectivity index (χ4n) is 3.76. The summed E-state index contributed by atoms with van der Waals surface area (Å²) < 4.78 is 3.98. The number of nitrogens with one attached hydrogen (secondary N) is 1. The van der Waals surface area contributed by atoms with Crippen LogP contribution in [0.15, 0.2) is 48.2 Å². The number of aromatic nitrogens is 4. The van der Waals surface area contributed by atoms with Crippen LogP contribution in [-0.2, 0) is 11.3 Å². The van der Waals surface area contributed by atoms with Crippen LogP contribution < -0.4 is 5.32 Å². The lowest BCUT2D eigenvalue weighted by Crippen LogP contribution is -2.21. The van der Waals surface area contributed by atoms with Crippen LogP contribution in [0.25, 0.3) is 10.6 Å². The molecule has 4 heterocycles. The fraction of sp³-hybridized carbons (Fsp3) is 0.211. The first kappa shape index (κ1) is 15.3. The first-order valence-electron chi connectivity index (χ1n) is 8.52. The van der Waals surface area contributed by atoms with Gasteiger partial charge in [-0.05, 0) is 36.2 Å². The quantitative estimate of drug-likeness (QED) is 0.595. The molecule has 0 unspecified atom stereocenters. The van der Waals surface area contributed by atoms with Crippen molar-refractivity contribution in [1.29, 1.82) is 0 Å². The van der Waals surface area contributed by atoms with Crippen LogP contribution in [0.1, 0.15) is 34.9 Å². The number of thiazole rings is 1. The smallest absolute Gasteiger partial charge is 0.221 e. The Labute approximate surface area is 154 Å². The van der Waals surface area contributed by atoms with Gasteiger partial charge in [-0.1, -0.05) is 6.07 Å². The zero-order valence-corrected chi connectivity index (χ0v) is 15.0. The number of fused-ring (bicyclic) bond motifs is 3. The molecule has 7 heteroatoms. The molecular formula is C19H17N5OS. The summed E-state index contributed by atoms with van der Waals surface area (Å²) in [6.07, 6.45) is 6.17. The number of aryl methyl sites for hydroxylation is 1. The van der Waals surface area contributed by atoms with Crippen LogP contribution in [0.3, 0.4) is 0 Å². The Hall–Kier alpha value is -2.93. The Morgan fingerprint density at radius 2 is 2.23 bits per heavy atom. The first-order chi connectivity index (χ1) is 12.7. The van der Waals surface area contributed by atoms with Gasteiger partial charge in [0.1, 0.15) is 0 Å². The van der Waals surface area contributed by atoms with Gasteiger partial charge < -0.3 is 5.32 Å². The van der Waals surface area contributed by atoms with Gasteiger partial charge in [-0.25, -0.2) is 9.67 Å². The van der Waals surface area contributed by atoms with Gasteiger partial charge in [0, 0.05) is 36.3 Å². The summed E-state index contributed by atoms with van der Waals surface area (Å²) in [7, 11) is 0. The van der Waals surface area contributed by atoms with E-state index in [4.69, 9.17) is 4.98 Å². The minimum atomic E-state index is -0.0104. The third-order valence-electron chi connectivity index (χ3n) is 4.95. The second-order valence-electron chi connectivity index (χ2n) is 6.52. The summed E-state index contributed by atoms with van der Waals surface area (Å²) >= 11 is 1.62. The molecule has 0 aliphatic carbocycles. The van der Waals surface area contributed by atoms with E-state index in [1.54, 1.807) is 17.5 Å². The predicted octanol–water partition coefficient (Wildman–Crippen LogP) is 3.04. The average molecular weight is 363 g/mol. The molecule has 0 saturated heterocycles. The minimum Gasteiger partial charge on any atom is -0.350 e. The molecule has 3 aromatic heterocycles. The van der Waals surface area contributed by atoms with Gasteiger partial charge in [-0.15, -0.1) is 11.3 Å². The highest BCUT2D eigenvalue weighted by Crippen LogP contribution is 2.36. The van der Waals surface area contributed by atoms with Crippen molar-refractivity contribution in [3.05, 3.63) is 70.8 Å². The number of nitrogens with zero attached hydrogens (tertiary/aromatic N) is 4. The average Bonchev–Trinajstić information content (AvgIpc) is 3.34. The molecule has 1 N–H and O–H groups in total. The van der Waals surface area contributed by atoms with Crippen LogP contribution in [0.5, 0.6) is 0 Å². The molecule has 26 heavy (non-hydrogen) atoms. The number of amides is 1. The van der Waals surface area contributed by atoms with Gasteiger partial charge in [0.15, 0.2) is 4.96 Å². The third-order valence-corrected chi connectivity index (χ3v) is 5.70. The summed E-state index contributed by atoms with van der Waals surface area (Å²) in [4.78, 5) is 18.0. The number of hydrogen-bond donors (Lipinski definition) is 1. The van der Waals surface area contributed by atoms with Crippen LogP contribution in [-0.4, -0.2) is 25.1 Å². The molecule has 0 fully saturated rings. The van der Waals surface area contributed by atoms with Crippen molar-refractivity contribution in [3.63, 3.8) is 0 Å². The molecule has 1 aliphatic rings. The van der Waals surface area contributed by atoms with E-state index >= 15 is 0 Å². The summed E-state index contributed by atoms with van der Waals surface area (Å²) in [5.74, 6) is 0.0521. The Balaban J connectivity index is 1.66. The summed E-state index contributed by atoms with van der Waals surface area (Å²) in [6.45, 7) is 2.58. The van der Waals surface area contributed by atoms with Crippen LogP contribution >= 0.6 is 11.3 Å². The summed E-state index contributed by atoms with van der Waals surface area (Å²) in [5.41, 5.74) is 5.40. The standard InChI is InChI=1S/C19H17N5OS/c1-12-9-13(24-6-2-5-21-24)3-4-14(12)15-10-17(25)20-11-16-18(15)23-7-8-26-19(23)22-16/h2-9,15H,10-11H2,1H3,(H,20,25)/t15-/m0/s1. The molecule has 0 spiro atoms. The summed E-state index contributed by atoms with van der Waals surface area (Å²) in [6, 6.07) is 8.20. The monoisotopic (exact) mass is 363 g/mol. The van der Waals surface area contributed by atoms with Gasteiger partial charge >= 0.3 is 0 Å². The van der Waals surface area contributed by atoms with Crippen LogP contribution in [0.4, 0.5) is 0 Å². The number of carbonyl (C=O) groups is 1. The lowest BCUT2D eigenvalue weighted by molar-refractivity contribution is -0.121. The normalized spacial score (nSPS) is 17.1. The van der Waals surface area contributed by atoms with E-state index in [9.17, 15) is 4.79 Å². The molecule has 1 atom stereocenters. The van der Waals surface area contributed by atoms with Gasteiger partial charge in [-0.3, -0.25) is 9.20 Å².